The van der Waals surface area contributed by atoms with Gasteiger partial charge in [-0.15, -0.1) is 11.8 Å². The van der Waals surface area contributed by atoms with Crippen molar-refractivity contribution in [2.45, 2.75) is 12.8 Å². The van der Waals surface area contributed by atoms with Crippen LogP contribution in [-0.4, -0.2) is 26.4 Å². The summed E-state index contributed by atoms with van der Waals surface area (Å²) < 4.78 is 10.8. The number of benzene rings is 2. The molecule has 1 unspecified atom stereocenters. The van der Waals surface area contributed by atoms with Crippen LogP contribution in [0, 0.1) is 11.3 Å². The summed E-state index contributed by atoms with van der Waals surface area (Å²) >= 11 is 1.44. The van der Waals surface area contributed by atoms with Crippen molar-refractivity contribution < 1.29 is 14.3 Å². The number of rotatable bonds is 6. The highest BCUT2D eigenvalue weighted by Gasteiger charge is 2.34. The number of dihydropyridines is 1. The summed E-state index contributed by atoms with van der Waals surface area (Å²) in [5.74, 6) is 0.317. The van der Waals surface area contributed by atoms with Crippen molar-refractivity contribution >= 4 is 23.4 Å². The molecule has 7 heteroatoms. The third-order valence-electron chi connectivity index (χ3n) is 4.87. The van der Waals surface area contributed by atoms with E-state index in [1.54, 1.807) is 20.3 Å². The molecule has 2 N–H and O–H groups in total. The smallest absolute Gasteiger partial charge is 0.254 e. The number of hydrogen-bond donors (Lipinski definition) is 2. The summed E-state index contributed by atoms with van der Waals surface area (Å²) in [5, 5.41) is 16.8. The molecule has 1 aliphatic heterocycles. The molecule has 0 bridgehead atoms. The minimum atomic E-state index is -0.540. The Morgan fingerprint density at radius 1 is 1.13 bits per heavy atom. The van der Waals surface area contributed by atoms with Gasteiger partial charge in [-0.05, 0) is 43.0 Å². The number of thioether (sulfide) groups is 1. The Bertz CT molecular complexity index is 1060. The van der Waals surface area contributed by atoms with Gasteiger partial charge in [0.1, 0.15) is 0 Å². The fraction of sp³-hybridized carbons (Fsp3) is 0.217. The van der Waals surface area contributed by atoms with E-state index in [4.69, 9.17) is 9.47 Å². The van der Waals surface area contributed by atoms with Gasteiger partial charge in [-0.2, -0.15) is 5.26 Å². The van der Waals surface area contributed by atoms with E-state index in [0.29, 0.717) is 34.0 Å². The van der Waals surface area contributed by atoms with Crippen LogP contribution in [0.3, 0.4) is 0 Å². The third-order valence-corrected chi connectivity index (χ3v) is 5.60. The molecule has 0 saturated carbocycles. The lowest BCUT2D eigenvalue weighted by molar-refractivity contribution is -0.113. The average Bonchev–Trinajstić information content (AvgIpc) is 2.78. The molecular formula is C23H23N3O3S. The maximum atomic E-state index is 13.3. The number of nitrogens with one attached hydrogen (secondary N) is 2. The fourth-order valence-corrected chi connectivity index (χ4v) is 4.10. The Morgan fingerprint density at radius 3 is 2.43 bits per heavy atom. The number of anilines is 1. The lowest BCUT2D eigenvalue weighted by Crippen LogP contribution is -2.30. The molecule has 1 heterocycles. The Labute approximate surface area is 180 Å². The highest BCUT2D eigenvalue weighted by Crippen LogP contribution is 2.42. The predicted molar refractivity (Wildman–Crippen MR) is 119 cm³/mol. The zero-order valence-corrected chi connectivity index (χ0v) is 18.1. The Kier molecular flexibility index (Phi) is 6.70. The molecule has 0 radical (unpaired) electrons. The summed E-state index contributed by atoms with van der Waals surface area (Å²) in [5.41, 5.74) is 3.13. The van der Waals surface area contributed by atoms with E-state index >= 15 is 0 Å². The molecule has 1 atom stereocenters. The second-order valence-corrected chi connectivity index (χ2v) is 7.41. The Balaban J connectivity index is 2.12. The number of nitriles is 1. The number of allylic oxidation sites excluding steroid dienone is 2. The largest absolute Gasteiger partial charge is 0.493 e. The predicted octanol–water partition coefficient (Wildman–Crippen LogP) is 4.40. The number of carbonyl (C=O) groups excluding carboxylic acids is 1. The average molecular weight is 422 g/mol. The molecule has 1 aliphatic rings. The molecular weight excluding hydrogens is 398 g/mol. The summed E-state index contributed by atoms with van der Waals surface area (Å²) in [4.78, 5) is 13.3. The van der Waals surface area contributed by atoms with Gasteiger partial charge >= 0.3 is 0 Å². The SMILES string of the molecule is COc1ccc(C2C(C#N)=C(SC)NC(C)=C2C(=O)Nc2ccccc2)cc1OC. The normalized spacial score (nSPS) is 15.9. The van der Waals surface area contributed by atoms with Crippen molar-refractivity contribution in [3.05, 3.63) is 76.0 Å². The van der Waals surface area contributed by atoms with Crippen LogP contribution in [0.4, 0.5) is 5.69 Å². The van der Waals surface area contributed by atoms with E-state index in [-0.39, 0.29) is 5.91 Å². The molecule has 3 rings (SSSR count). The van der Waals surface area contributed by atoms with Gasteiger partial charge in [-0.1, -0.05) is 24.3 Å². The van der Waals surface area contributed by atoms with Gasteiger partial charge in [-0.25, -0.2) is 0 Å². The number of hydrogen-bond acceptors (Lipinski definition) is 6. The van der Waals surface area contributed by atoms with Crippen LogP contribution in [-0.2, 0) is 4.79 Å². The topological polar surface area (TPSA) is 83.4 Å². The van der Waals surface area contributed by atoms with Crippen LogP contribution in [0.25, 0.3) is 0 Å². The maximum Gasteiger partial charge on any atom is 0.254 e. The van der Waals surface area contributed by atoms with Gasteiger partial charge in [-0.3, -0.25) is 4.79 Å². The standard InChI is InChI=1S/C23H23N3O3S/c1-14-20(22(27)26-16-8-6-5-7-9-16)21(17(13-24)23(25-14)30-4)15-10-11-18(28-2)19(12-15)29-3/h5-12,21,25H,1-4H3,(H,26,27). The van der Waals surface area contributed by atoms with Gasteiger partial charge in [0.15, 0.2) is 11.5 Å². The zero-order chi connectivity index (χ0) is 21.7. The van der Waals surface area contributed by atoms with Crippen molar-refractivity contribution in [2.24, 2.45) is 0 Å². The van der Waals surface area contributed by atoms with Gasteiger partial charge < -0.3 is 20.1 Å². The molecule has 6 nitrogen and oxygen atoms in total. The van der Waals surface area contributed by atoms with Crippen molar-refractivity contribution in [3.63, 3.8) is 0 Å². The highest BCUT2D eigenvalue weighted by molar-refractivity contribution is 8.02. The van der Waals surface area contributed by atoms with Crippen LogP contribution >= 0.6 is 11.8 Å². The number of nitrogens with zero attached hydrogens (tertiary/aromatic N) is 1. The summed E-state index contributed by atoms with van der Waals surface area (Å²) in [6.45, 7) is 1.85. The van der Waals surface area contributed by atoms with E-state index < -0.39 is 5.92 Å². The number of amides is 1. The summed E-state index contributed by atoms with van der Waals surface area (Å²) in [6, 6.07) is 17.0. The molecule has 1 amide bonds. The van der Waals surface area contributed by atoms with E-state index in [1.165, 1.54) is 11.8 Å². The number of ether oxygens (including phenoxy) is 2. The molecule has 154 valence electrons. The van der Waals surface area contributed by atoms with Crippen LogP contribution in [0.1, 0.15) is 18.4 Å². The van der Waals surface area contributed by atoms with Gasteiger partial charge in [0, 0.05) is 17.0 Å². The van der Waals surface area contributed by atoms with Crippen LogP contribution in [0.15, 0.2) is 70.4 Å². The van der Waals surface area contributed by atoms with Crippen LogP contribution < -0.4 is 20.1 Å². The monoisotopic (exact) mass is 421 g/mol. The molecule has 30 heavy (non-hydrogen) atoms. The van der Waals surface area contributed by atoms with Crippen LogP contribution in [0.5, 0.6) is 11.5 Å². The van der Waals surface area contributed by atoms with E-state index in [2.05, 4.69) is 16.7 Å². The first-order valence-electron chi connectivity index (χ1n) is 9.28. The zero-order valence-electron chi connectivity index (χ0n) is 17.3. The third kappa shape index (κ3) is 4.14. The Hall–Kier alpha value is -3.37. The fourth-order valence-electron chi connectivity index (χ4n) is 3.46. The van der Waals surface area contributed by atoms with Crippen LogP contribution in [0.2, 0.25) is 0 Å². The number of para-hydroxylation sites is 1. The first-order valence-corrected chi connectivity index (χ1v) is 10.5. The molecule has 0 fully saturated rings. The molecule has 0 aliphatic carbocycles. The van der Waals surface area contributed by atoms with Crippen molar-refractivity contribution in [1.29, 1.82) is 5.26 Å². The quantitative estimate of drug-likeness (QED) is 0.719. The second kappa shape index (κ2) is 9.42. The highest BCUT2D eigenvalue weighted by atomic mass is 32.2. The van der Waals surface area contributed by atoms with Gasteiger partial charge in [0.05, 0.1) is 36.8 Å². The first-order chi connectivity index (χ1) is 14.5. The lowest BCUT2D eigenvalue weighted by atomic mass is 9.82. The molecule has 0 aromatic heterocycles. The minimum Gasteiger partial charge on any atom is -0.493 e. The van der Waals surface area contributed by atoms with Crippen molar-refractivity contribution in [1.82, 2.24) is 5.32 Å². The van der Waals surface area contributed by atoms with E-state index in [9.17, 15) is 10.1 Å². The van der Waals surface area contributed by atoms with Gasteiger partial charge in [0.25, 0.3) is 5.91 Å². The van der Waals surface area contributed by atoms with Crippen molar-refractivity contribution in [2.75, 3.05) is 25.8 Å². The number of carbonyl (C=O) groups is 1. The molecule has 0 saturated heterocycles. The lowest BCUT2D eigenvalue weighted by Gasteiger charge is -2.29. The van der Waals surface area contributed by atoms with E-state index in [0.717, 1.165) is 10.6 Å². The first kappa shape index (κ1) is 21.3. The molecule has 0 spiro atoms. The second-order valence-electron chi connectivity index (χ2n) is 6.59. The summed E-state index contributed by atoms with van der Waals surface area (Å²) in [6.07, 6.45) is 1.90. The minimum absolute atomic E-state index is 0.265. The van der Waals surface area contributed by atoms with E-state index in [1.807, 2.05) is 55.6 Å². The van der Waals surface area contributed by atoms with Gasteiger partial charge in [0.2, 0.25) is 0 Å². The Morgan fingerprint density at radius 2 is 1.83 bits per heavy atom. The molecule has 2 aromatic rings. The van der Waals surface area contributed by atoms with Crippen molar-refractivity contribution in [3.8, 4) is 17.6 Å². The molecule has 2 aromatic carbocycles. The number of methoxy groups -OCH3 is 2. The maximum absolute atomic E-state index is 13.3. The summed E-state index contributed by atoms with van der Waals surface area (Å²) in [7, 11) is 3.12.